The van der Waals surface area contributed by atoms with Gasteiger partial charge in [0.25, 0.3) is 0 Å². The van der Waals surface area contributed by atoms with Gasteiger partial charge >= 0.3 is 0 Å². The van der Waals surface area contributed by atoms with Gasteiger partial charge in [0, 0.05) is 25.0 Å². The molecule has 2 saturated heterocycles. The highest BCUT2D eigenvalue weighted by molar-refractivity contribution is 5.84. The number of hydrogen-bond acceptors (Lipinski definition) is 3. The standard InChI is InChI=1S/C11H19NO2/c1-8-5-12-6-10(8)11(13)9-3-2-4-14-7-9/h8-10,12H,2-7H2,1H3. The summed E-state index contributed by atoms with van der Waals surface area (Å²) >= 11 is 0. The lowest BCUT2D eigenvalue weighted by Crippen LogP contribution is -2.33. The molecule has 0 aromatic rings. The number of ketones is 1. The minimum Gasteiger partial charge on any atom is -0.381 e. The van der Waals surface area contributed by atoms with Crippen LogP contribution in [0.5, 0.6) is 0 Å². The van der Waals surface area contributed by atoms with Gasteiger partial charge in [-0.2, -0.15) is 0 Å². The molecule has 0 saturated carbocycles. The Labute approximate surface area is 85.2 Å². The summed E-state index contributed by atoms with van der Waals surface area (Å²) in [5.74, 6) is 1.35. The van der Waals surface area contributed by atoms with Gasteiger partial charge in [0.05, 0.1) is 6.61 Å². The van der Waals surface area contributed by atoms with E-state index in [1.807, 2.05) is 0 Å². The van der Waals surface area contributed by atoms with E-state index in [0.29, 0.717) is 18.3 Å². The van der Waals surface area contributed by atoms with Crippen LogP contribution in [0.2, 0.25) is 0 Å². The first kappa shape index (κ1) is 10.1. The highest BCUT2D eigenvalue weighted by Gasteiger charge is 2.34. The highest BCUT2D eigenvalue weighted by Crippen LogP contribution is 2.24. The van der Waals surface area contributed by atoms with Crippen LogP contribution in [0, 0.1) is 17.8 Å². The molecule has 80 valence electrons. The Kier molecular flexibility index (Phi) is 3.19. The van der Waals surface area contributed by atoms with Gasteiger partial charge in [-0.05, 0) is 25.3 Å². The van der Waals surface area contributed by atoms with Crippen molar-refractivity contribution in [1.82, 2.24) is 5.32 Å². The highest BCUT2D eigenvalue weighted by atomic mass is 16.5. The maximum absolute atomic E-state index is 12.1. The molecule has 2 fully saturated rings. The Morgan fingerprint density at radius 3 is 2.86 bits per heavy atom. The molecule has 2 aliphatic heterocycles. The SMILES string of the molecule is CC1CNCC1C(=O)C1CCCOC1. The van der Waals surface area contributed by atoms with Crippen molar-refractivity contribution >= 4 is 5.78 Å². The number of Topliss-reactive ketones (excluding diaryl/α,β-unsaturated/α-hetero) is 1. The van der Waals surface area contributed by atoms with Crippen LogP contribution in [0.3, 0.4) is 0 Å². The second kappa shape index (κ2) is 4.41. The lowest BCUT2D eigenvalue weighted by atomic mass is 9.84. The predicted molar refractivity (Wildman–Crippen MR) is 54.1 cm³/mol. The summed E-state index contributed by atoms with van der Waals surface area (Å²) in [4.78, 5) is 12.1. The number of nitrogens with one attached hydrogen (secondary N) is 1. The van der Waals surface area contributed by atoms with E-state index in [1.54, 1.807) is 0 Å². The van der Waals surface area contributed by atoms with E-state index in [0.717, 1.165) is 32.5 Å². The second-order valence-corrected chi connectivity index (χ2v) is 4.56. The number of carbonyl (C=O) groups is 1. The third kappa shape index (κ3) is 1.98. The molecule has 0 radical (unpaired) electrons. The summed E-state index contributed by atoms with van der Waals surface area (Å²) in [6.07, 6.45) is 2.08. The van der Waals surface area contributed by atoms with E-state index in [2.05, 4.69) is 12.2 Å². The van der Waals surface area contributed by atoms with Crippen LogP contribution in [0.1, 0.15) is 19.8 Å². The van der Waals surface area contributed by atoms with Crippen molar-refractivity contribution in [3.63, 3.8) is 0 Å². The molecule has 1 N–H and O–H groups in total. The maximum Gasteiger partial charge on any atom is 0.142 e. The molecular formula is C11H19NO2. The first-order chi connectivity index (χ1) is 6.79. The average molecular weight is 197 g/mol. The van der Waals surface area contributed by atoms with Crippen LogP contribution >= 0.6 is 0 Å². The van der Waals surface area contributed by atoms with Crippen molar-refractivity contribution in [2.75, 3.05) is 26.3 Å². The van der Waals surface area contributed by atoms with Gasteiger partial charge in [0.15, 0.2) is 0 Å². The number of carbonyl (C=O) groups excluding carboxylic acids is 1. The van der Waals surface area contributed by atoms with Crippen LogP contribution in [0.4, 0.5) is 0 Å². The molecule has 0 aromatic carbocycles. The summed E-state index contributed by atoms with van der Waals surface area (Å²) in [5, 5.41) is 3.28. The summed E-state index contributed by atoms with van der Waals surface area (Å²) in [6.45, 7) is 5.51. The third-order valence-electron chi connectivity index (χ3n) is 3.45. The van der Waals surface area contributed by atoms with Crippen molar-refractivity contribution in [2.24, 2.45) is 17.8 Å². The minimum absolute atomic E-state index is 0.177. The molecule has 0 aliphatic carbocycles. The fourth-order valence-electron chi connectivity index (χ4n) is 2.46. The zero-order valence-electron chi connectivity index (χ0n) is 8.79. The maximum atomic E-state index is 12.1. The quantitative estimate of drug-likeness (QED) is 0.713. The van der Waals surface area contributed by atoms with E-state index < -0.39 is 0 Å². The lowest BCUT2D eigenvalue weighted by molar-refractivity contribution is -0.131. The van der Waals surface area contributed by atoms with Crippen LogP contribution in [-0.2, 0) is 9.53 Å². The van der Waals surface area contributed by atoms with Crippen LogP contribution in [-0.4, -0.2) is 32.1 Å². The fraction of sp³-hybridized carbons (Fsp3) is 0.909. The van der Waals surface area contributed by atoms with Crippen molar-refractivity contribution in [3.05, 3.63) is 0 Å². The third-order valence-corrected chi connectivity index (χ3v) is 3.45. The van der Waals surface area contributed by atoms with Crippen LogP contribution in [0.25, 0.3) is 0 Å². The topological polar surface area (TPSA) is 38.3 Å². The fourth-order valence-corrected chi connectivity index (χ4v) is 2.46. The largest absolute Gasteiger partial charge is 0.381 e. The summed E-state index contributed by atoms with van der Waals surface area (Å²) in [7, 11) is 0. The first-order valence-electron chi connectivity index (χ1n) is 5.61. The molecule has 3 nitrogen and oxygen atoms in total. The Balaban J connectivity index is 1.92. The van der Waals surface area contributed by atoms with E-state index >= 15 is 0 Å². The van der Waals surface area contributed by atoms with E-state index in [9.17, 15) is 4.79 Å². The number of hydrogen-bond donors (Lipinski definition) is 1. The average Bonchev–Trinajstić information content (AvgIpc) is 2.65. The molecule has 14 heavy (non-hydrogen) atoms. The smallest absolute Gasteiger partial charge is 0.142 e. The Bertz CT molecular complexity index is 211. The predicted octanol–water partition coefficient (Wildman–Crippen LogP) is 0.838. The minimum atomic E-state index is 0.177. The monoisotopic (exact) mass is 197 g/mol. The van der Waals surface area contributed by atoms with Crippen molar-refractivity contribution < 1.29 is 9.53 Å². The molecule has 0 amide bonds. The van der Waals surface area contributed by atoms with Gasteiger partial charge in [-0.25, -0.2) is 0 Å². The van der Waals surface area contributed by atoms with Crippen LogP contribution in [0.15, 0.2) is 0 Å². The van der Waals surface area contributed by atoms with Gasteiger partial charge < -0.3 is 10.1 Å². The Morgan fingerprint density at radius 2 is 2.29 bits per heavy atom. The molecule has 0 bridgehead atoms. The molecule has 2 rings (SSSR count). The van der Waals surface area contributed by atoms with E-state index in [4.69, 9.17) is 4.74 Å². The molecule has 2 heterocycles. The number of ether oxygens (including phenoxy) is 1. The van der Waals surface area contributed by atoms with Crippen molar-refractivity contribution in [3.8, 4) is 0 Å². The lowest BCUT2D eigenvalue weighted by Gasteiger charge is -2.24. The van der Waals surface area contributed by atoms with Crippen molar-refractivity contribution in [2.45, 2.75) is 19.8 Å². The Hall–Kier alpha value is -0.410. The molecular weight excluding hydrogens is 178 g/mol. The second-order valence-electron chi connectivity index (χ2n) is 4.56. The van der Waals surface area contributed by atoms with Gasteiger partial charge in [-0.3, -0.25) is 4.79 Å². The van der Waals surface area contributed by atoms with E-state index in [-0.39, 0.29) is 11.8 Å². The van der Waals surface area contributed by atoms with E-state index in [1.165, 1.54) is 0 Å². The molecule has 3 unspecified atom stereocenters. The summed E-state index contributed by atoms with van der Waals surface area (Å²) in [5.41, 5.74) is 0. The molecule has 2 aliphatic rings. The molecule has 3 atom stereocenters. The zero-order valence-corrected chi connectivity index (χ0v) is 8.79. The van der Waals surface area contributed by atoms with Crippen molar-refractivity contribution in [1.29, 1.82) is 0 Å². The normalized spacial score (nSPS) is 38.5. The Morgan fingerprint density at radius 1 is 1.43 bits per heavy atom. The van der Waals surface area contributed by atoms with Gasteiger partial charge in [0.1, 0.15) is 5.78 Å². The molecule has 0 spiro atoms. The zero-order chi connectivity index (χ0) is 9.97. The van der Waals surface area contributed by atoms with Gasteiger partial charge in [-0.15, -0.1) is 0 Å². The summed E-state index contributed by atoms with van der Waals surface area (Å²) in [6, 6.07) is 0. The first-order valence-corrected chi connectivity index (χ1v) is 5.61. The number of rotatable bonds is 2. The molecule has 3 heteroatoms. The molecule has 0 aromatic heterocycles. The van der Waals surface area contributed by atoms with Gasteiger partial charge in [-0.1, -0.05) is 6.92 Å². The van der Waals surface area contributed by atoms with Crippen LogP contribution < -0.4 is 5.32 Å². The van der Waals surface area contributed by atoms with Gasteiger partial charge in [0.2, 0.25) is 0 Å². The summed E-state index contributed by atoms with van der Waals surface area (Å²) < 4.78 is 5.36.